The topological polar surface area (TPSA) is 26.3 Å². The number of carbonyl (C=O) groups excluding carboxylic acids is 1. The fraction of sp³-hybridized carbons (Fsp3) is 0.133. The van der Waals surface area contributed by atoms with Crippen LogP contribution in [-0.2, 0) is 0 Å². The Bertz CT molecular complexity index is 633. The molecule has 0 amide bonds. The first kappa shape index (κ1) is 14.1. The van der Waals surface area contributed by atoms with Gasteiger partial charge in [0.25, 0.3) is 0 Å². The van der Waals surface area contributed by atoms with E-state index >= 15 is 0 Å². The summed E-state index contributed by atoms with van der Waals surface area (Å²) in [4.78, 5) is 10.9. The van der Waals surface area contributed by atoms with Crippen LogP contribution in [0.4, 0.5) is 13.2 Å². The number of halogens is 3. The molecule has 5 heteroatoms. The summed E-state index contributed by atoms with van der Waals surface area (Å²) in [6.45, 7) is 1.75. The summed E-state index contributed by atoms with van der Waals surface area (Å²) in [6, 6.07) is 10.8. The highest BCUT2D eigenvalue weighted by Gasteiger charge is 2.31. The summed E-state index contributed by atoms with van der Waals surface area (Å²) in [5.41, 5.74) is 2.48. The summed E-state index contributed by atoms with van der Waals surface area (Å²) in [7, 11) is 0. The molecule has 2 rings (SSSR count). The minimum atomic E-state index is -4.72. The van der Waals surface area contributed by atoms with Crippen molar-refractivity contribution in [3.05, 3.63) is 53.6 Å². The summed E-state index contributed by atoms with van der Waals surface area (Å²) < 4.78 is 40.5. The lowest BCUT2D eigenvalue weighted by molar-refractivity contribution is -0.274. The molecule has 0 bridgehead atoms. The van der Waals surface area contributed by atoms with Gasteiger partial charge in [0, 0.05) is 5.56 Å². The number of aldehydes is 1. The Morgan fingerprint density at radius 3 is 2.45 bits per heavy atom. The Kier molecular flexibility index (Phi) is 3.79. The van der Waals surface area contributed by atoms with Gasteiger partial charge in [0.1, 0.15) is 12.0 Å². The predicted molar refractivity (Wildman–Crippen MR) is 68.7 cm³/mol. The van der Waals surface area contributed by atoms with E-state index in [1.165, 1.54) is 18.2 Å². The zero-order valence-corrected chi connectivity index (χ0v) is 10.6. The fourth-order valence-corrected chi connectivity index (χ4v) is 1.95. The van der Waals surface area contributed by atoms with E-state index in [-0.39, 0.29) is 5.75 Å². The van der Waals surface area contributed by atoms with Crippen molar-refractivity contribution < 1.29 is 22.7 Å². The molecule has 0 radical (unpaired) electrons. The third-order valence-electron chi connectivity index (χ3n) is 2.88. The van der Waals surface area contributed by atoms with Gasteiger partial charge in [0.2, 0.25) is 0 Å². The van der Waals surface area contributed by atoms with E-state index < -0.39 is 6.36 Å². The van der Waals surface area contributed by atoms with Gasteiger partial charge in [-0.05, 0) is 35.7 Å². The van der Waals surface area contributed by atoms with E-state index in [9.17, 15) is 18.0 Å². The second kappa shape index (κ2) is 5.36. The van der Waals surface area contributed by atoms with Gasteiger partial charge in [-0.15, -0.1) is 13.2 Å². The second-order valence-corrected chi connectivity index (χ2v) is 4.21. The molecule has 0 fully saturated rings. The van der Waals surface area contributed by atoms with Crippen LogP contribution in [0.25, 0.3) is 11.1 Å². The lowest BCUT2D eigenvalue weighted by Crippen LogP contribution is -2.17. The van der Waals surface area contributed by atoms with Crippen LogP contribution in [0.15, 0.2) is 42.5 Å². The number of alkyl halides is 3. The van der Waals surface area contributed by atoms with E-state index in [0.717, 1.165) is 6.29 Å². The molecule has 0 unspecified atom stereocenters. The molecular formula is C15H11F3O2. The number of hydrogen-bond donors (Lipinski definition) is 0. The van der Waals surface area contributed by atoms with Crippen molar-refractivity contribution >= 4 is 6.29 Å². The number of carbonyl (C=O) groups is 1. The molecule has 0 N–H and O–H groups in total. The van der Waals surface area contributed by atoms with Crippen LogP contribution < -0.4 is 4.74 Å². The van der Waals surface area contributed by atoms with E-state index in [1.54, 1.807) is 31.2 Å². The SMILES string of the molecule is Cc1c(C=O)cccc1-c1cccc(OC(F)(F)F)c1. The van der Waals surface area contributed by atoms with Crippen LogP contribution in [0, 0.1) is 6.92 Å². The van der Waals surface area contributed by atoms with Crippen molar-refractivity contribution in [3.8, 4) is 16.9 Å². The van der Waals surface area contributed by atoms with Crippen molar-refractivity contribution in [3.63, 3.8) is 0 Å². The number of rotatable bonds is 3. The maximum atomic E-state index is 12.2. The third kappa shape index (κ3) is 3.17. The highest BCUT2D eigenvalue weighted by molar-refractivity contribution is 5.82. The summed E-state index contributed by atoms with van der Waals surface area (Å²) in [6.07, 6.45) is -4.01. The zero-order valence-electron chi connectivity index (χ0n) is 10.6. The van der Waals surface area contributed by atoms with Crippen molar-refractivity contribution in [2.45, 2.75) is 13.3 Å². The predicted octanol–water partition coefficient (Wildman–Crippen LogP) is 4.37. The molecule has 0 aliphatic carbocycles. The molecule has 20 heavy (non-hydrogen) atoms. The van der Waals surface area contributed by atoms with Crippen molar-refractivity contribution in [1.29, 1.82) is 0 Å². The summed E-state index contributed by atoms with van der Waals surface area (Å²) >= 11 is 0. The van der Waals surface area contributed by atoms with Crippen LogP contribution in [0.5, 0.6) is 5.75 Å². The standard InChI is InChI=1S/C15H11F3O2/c1-10-12(9-19)5-3-7-14(10)11-4-2-6-13(8-11)20-15(16,17)18/h2-9H,1H3. The first-order valence-electron chi connectivity index (χ1n) is 5.81. The van der Waals surface area contributed by atoms with Gasteiger partial charge in [-0.3, -0.25) is 4.79 Å². The Morgan fingerprint density at radius 1 is 1.10 bits per heavy atom. The summed E-state index contributed by atoms with van der Waals surface area (Å²) in [5.74, 6) is -0.286. The average Bonchev–Trinajstić information content (AvgIpc) is 2.37. The van der Waals surface area contributed by atoms with Crippen LogP contribution in [0.2, 0.25) is 0 Å². The Hall–Kier alpha value is -2.30. The largest absolute Gasteiger partial charge is 0.573 e. The van der Waals surface area contributed by atoms with E-state index in [2.05, 4.69) is 4.74 Å². The molecule has 0 heterocycles. The van der Waals surface area contributed by atoms with E-state index in [1.807, 2.05) is 0 Å². The molecule has 104 valence electrons. The monoisotopic (exact) mass is 280 g/mol. The molecular weight excluding hydrogens is 269 g/mol. The van der Waals surface area contributed by atoms with E-state index in [4.69, 9.17) is 0 Å². The quantitative estimate of drug-likeness (QED) is 0.780. The van der Waals surface area contributed by atoms with Crippen LogP contribution in [-0.4, -0.2) is 12.6 Å². The van der Waals surface area contributed by atoms with Gasteiger partial charge in [0.15, 0.2) is 0 Å². The Morgan fingerprint density at radius 2 is 1.80 bits per heavy atom. The number of benzene rings is 2. The molecule has 0 aliphatic heterocycles. The number of ether oxygens (including phenoxy) is 1. The molecule has 2 aromatic rings. The van der Waals surface area contributed by atoms with Crippen molar-refractivity contribution in [2.24, 2.45) is 0 Å². The van der Waals surface area contributed by atoms with Crippen LogP contribution >= 0.6 is 0 Å². The highest BCUT2D eigenvalue weighted by Crippen LogP contribution is 2.30. The van der Waals surface area contributed by atoms with Crippen LogP contribution in [0.1, 0.15) is 15.9 Å². The molecule has 2 aromatic carbocycles. The maximum Gasteiger partial charge on any atom is 0.573 e. The molecule has 0 aromatic heterocycles. The van der Waals surface area contributed by atoms with Gasteiger partial charge in [-0.1, -0.05) is 30.3 Å². The fourth-order valence-electron chi connectivity index (χ4n) is 1.95. The maximum absolute atomic E-state index is 12.2. The third-order valence-corrected chi connectivity index (χ3v) is 2.88. The minimum Gasteiger partial charge on any atom is -0.406 e. The smallest absolute Gasteiger partial charge is 0.406 e. The highest BCUT2D eigenvalue weighted by atomic mass is 19.4. The van der Waals surface area contributed by atoms with Gasteiger partial charge < -0.3 is 4.74 Å². The summed E-state index contributed by atoms with van der Waals surface area (Å²) in [5, 5.41) is 0. The van der Waals surface area contributed by atoms with Gasteiger partial charge in [-0.2, -0.15) is 0 Å². The van der Waals surface area contributed by atoms with Gasteiger partial charge in [-0.25, -0.2) is 0 Å². The normalized spacial score (nSPS) is 11.2. The Balaban J connectivity index is 2.44. The minimum absolute atomic E-state index is 0.286. The first-order valence-corrected chi connectivity index (χ1v) is 5.81. The zero-order chi connectivity index (χ0) is 14.8. The average molecular weight is 280 g/mol. The lowest BCUT2D eigenvalue weighted by Gasteiger charge is -2.12. The molecule has 2 nitrogen and oxygen atoms in total. The van der Waals surface area contributed by atoms with E-state index in [0.29, 0.717) is 22.3 Å². The van der Waals surface area contributed by atoms with Crippen LogP contribution in [0.3, 0.4) is 0 Å². The first-order chi connectivity index (χ1) is 9.40. The second-order valence-electron chi connectivity index (χ2n) is 4.21. The Labute approximate surface area is 113 Å². The molecule has 0 atom stereocenters. The van der Waals surface area contributed by atoms with Crippen molar-refractivity contribution in [1.82, 2.24) is 0 Å². The molecule has 0 saturated heterocycles. The molecule has 0 aliphatic rings. The van der Waals surface area contributed by atoms with Gasteiger partial charge >= 0.3 is 6.36 Å². The molecule has 0 saturated carbocycles. The lowest BCUT2D eigenvalue weighted by atomic mass is 9.97. The van der Waals surface area contributed by atoms with Crippen molar-refractivity contribution in [2.75, 3.05) is 0 Å². The van der Waals surface area contributed by atoms with Gasteiger partial charge in [0.05, 0.1) is 0 Å². The molecule has 0 spiro atoms. The number of hydrogen-bond acceptors (Lipinski definition) is 2.